The fourth-order valence-electron chi connectivity index (χ4n) is 1.77. The van der Waals surface area contributed by atoms with Gasteiger partial charge in [-0.05, 0) is 18.6 Å². The van der Waals surface area contributed by atoms with Gasteiger partial charge >= 0.3 is 0 Å². The molecule has 2 rings (SSSR count). The minimum absolute atomic E-state index is 0.590. The van der Waals surface area contributed by atoms with Gasteiger partial charge in [0, 0.05) is 29.5 Å². The summed E-state index contributed by atoms with van der Waals surface area (Å²) in [6, 6.07) is 8.36. The lowest BCUT2D eigenvalue weighted by atomic mass is 10.1. The van der Waals surface area contributed by atoms with E-state index in [1.54, 1.807) is 0 Å². The molecule has 0 aliphatic heterocycles. The van der Waals surface area contributed by atoms with Crippen LogP contribution in [0.2, 0.25) is 0 Å². The lowest BCUT2D eigenvalue weighted by molar-refractivity contribution is 0.908. The monoisotopic (exact) mass is 193 g/mol. The summed E-state index contributed by atoms with van der Waals surface area (Å²) in [7, 11) is 2.08. The van der Waals surface area contributed by atoms with Gasteiger partial charge in [0.15, 0.2) is 0 Å². The average molecular weight is 194 g/mol. The first-order chi connectivity index (χ1) is 6.25. The number of para-hydroxylation sites is 1. The molecule has 2 heteroatoms. The van der Waals surface area contributed by atoms with Crippen LogP contribution >= 0.6 is 11.6 Å². The van der Waals surface area contributed by atoms with E-state index in [0.717, 1.165) is 0 Å². The predicted molar refractivity (Wildman–Crippen MR) is 57.2 cm³/mol. The Labute approximate surface area is 82.9 Å². The number of nitrogens with zero attached hydrogens (tertiary/aromatic N) is 1. The molecular weight excluding hydrogens is 182 g/mol. The highest BCUT2D eigenvalue weighted by Crippen LogP contribution is 2.25. The van der Waals surface area contributed by atoms with Crippen molar-refractivity contribution < 1.29 is 0 Å². The van der Waals surface area contributed by atoms with Gasteiger partial charge < -0.3 is 4.57 Å². The molecule has 1 nitrogen and oxygen atoms in total. The van der Waals surface area contributed by atoms with Gasteiger partial charge in [0.25, 0.3) is 0 Å². The summed E-state index contributed by atoms with van der Waals surface area (Å²) in [5.74, 6) is 0.590. The number of halogens is 1. The first-order valence-electron chi connectivity index (χ1n) is 4.34. The van der Waals surface area contributed by atoms with Gasteiger partial charge in [-0.15, -0.1) is 11.6 Å². The molecule has 0 unspecified atom stereocenters. The smallest absolute Gasteiger partial charge is 0.0497 e. The van der Waals surface area contributed by atoms with Gasteiger partial charge in [-0.3, -0.25) is 0 Å². The Morgan fingerprint density at radius 3 is 2.69 bits per heavy atom. The van der Waals surface area contributed by atoms with E-state index in [9.17, 15) is 0 Å². The Morgan fingerprint density at radius 2 is 2.00 bits per heavy atom. The summed E-state index contributed by atoms with van der Waals surface area (Å²) < 4.78 is 2.19. The van der Waals surface area contributed by atoms with E-state index in [1.807, 2.05) is 0 Å². The first kappa shape index (κ1) is 8.64. The molecule has 0 saturated heterocycles. The normalized spacial score (nSPS) is 11.0. The van der Waals surface area contributed by atoms with E-state index in [-0.39, 0.29) is 0 Å². The molecule has 0 aliphatic carbocycles. The van der Waals surface area contributed by atoms with Crippen LogP contribution in [0.15, 0.2) is 24.3 Å². The molecule has 13 heavy (non-hydrogen) atoms. The minimum atomic E-state index is 0.590. The maximum Gasteiger partial charge on any atom is 0.0497 e. The predicted octanol–water partition coefficient (Wildman–Crippen LogP) is 3.23. The van der Waals surface area contributed by atoms with E-state index in [1.165, 1.54) is 22.2 Å². The Morgan fingerprint density at radius 1 is 1.31 bits per heavy atom. The van der Waals surface area contributed by atoms with Crippen molar-refractivity contribution in [1.82, 2.24) is 4.57 Å². The zero-order valence-corrected chi connectivity index (χ0v) is 8.60. The third-order valence-corrected chi connectivity index (χ3v) is 2.93. The van der Waals surface area contributed by atoms with Crippen LogP contribution in [0.3, 0.4) is 0 Å². The number of aromatic nitrogens is 1. The Kier molecular flexibility index (Phi) is 2.04. The van der Waals surface area contributed by atoms with Gasteiger partial charge in [0.1, 0.15) is 0 Å². The van der Waals surface area contributed by atoms with E-state index in [4.69, 9.17) is 11.6 Å². The van der Waals surface area contributed by atoms with Crippen molar-refractivity contribution in [3.8, 4) is 0 Å². The molecule has 0 amide bonds. The summed E-state index contributed by atoms with van der Waals surface area (Å²) in [5.41, 5.74) is 3.77. The molecule has 0 fully saturated rings. The molecule has 2 aromatic rings. The molecule has 0 N–H and O–H groups in total. The molecule has 0 bridgehead atoms. The summed E-state index contributed by atoms with van der Waals surface area (Å²) in [6.07, 6.45) is 0. The molecular formula is C11H12ClN. The summed E-state index contributed by atoms with van der Waals surface area (Å²) in [6.45, 7) is 2.11. The lowest BCUT2D eigenvalue weighted by Crippen LogP contribution is -1.90. The summed E-state index contributed by atoms with van der Waals surface area (Å²) in [5, 5.41) is 1.28. The highest BCUT2D eigenvalue weighted by Gasteiger charge is 2.08. The van der Waals surface area contributed by atoms with Gasteiger partial charge in [-0.2, -0.15) is 0 Å². The first-order valence-corrected chi connectivity index (χ1v) is 4.88. The molecule has 0 radical (unpaired) electrons. The SMILES string of the molecule is Cc1c(CCl)c2ccccc2n1C. The van der Waals surface area contributed by atoms with Gasteiger partial charge in [0.05, 0.1) is 0 Å². The van der Waals surface area contributed by atoms with Crippen molar-refractivity contribution in [2.45, 2.75) is 12.8 Å². The van der Waals surface area contributed by atoms with Crippen molar-refractivity contribution in [3.63, 3.8) is 0 Å². The summed E-state index contributed by atoms with van der Waals surface area (Å²) in [4.78, 5) is 0. The van der Waals surface area contributed by atoms with Crippen molar-refractivity contribution in [1.29, 1.82) is 0 Å². The third kappa shape index (κ3) is 1.15. The fourth-order valence-corrected chi connectivity index (χ4v) is 2.11. The number of benzene rings is 1. The molecule has 0 atom stereocenters. The molecule has 1 heterocycles. The maximum absolute atomic E-state index is 5.91. The van der Waals surface area contributed by atoms with Gasteiger partial charge in [-0.25, -0.2) is 0 Å². The van der Waals surface area contributed by atoms with Crippen LogP contribution < -0.4 is 0 Å². The number of rotatable bonds is 1. The van der Waals surface area contributed by atoms with Crippen LogP contribution in [0.5, 0.6) is 0 Å². The van der Waals surface area contributed by atoms with E-state index >= 15 is 0 Å². The number of hydrogen-bond donors (Lipinski definition) is 0. The van der Waals surface area contributed by atoms with E-state index in [0.29, 0.717) is 5.88 Å². The molecule has 1 aromatic carbocycles. The molecule has 1 aromatic heterocycles. The second kappa shape index (κ2) is 3.08. The second-order valence-corrected chi connectivity index (χ2v) is 3.54. The topological polar surface area (TPSA) is 4.93 Å². The quantitative estimate of drug-likeness (QED) is 0.613. The molecule has 68 valence electrons. The average Bonchev–Trinajstić information content (AvgIpc) is 2.41. The number of hydrogen-bond acceptors (Lipinski definition) is 0. The van der Waals surface area contributed by atoms with Crippen molar-refractivity contribution in [2.24, 2.45) is 7.05 Å². The van der Waals surface area contributed by atoms with E-state index < -0.39 is 0 Å². The molecule has 0 saturated carbocycles. The van der Waals surface area contributed by atoms with Crippen LogP contribution in [-0.2, 0) is 12.9 Å². The highest BCUT2D eigenvalue weighted by atomic mass is 35.5. The van der Waals surface area contributed by atoms with Crippen molar-refractivity contribution in [3.05, 3.63) is 35.5 Å². The standard InChI is InChI=1S/C11H12ClN/c1-8-10(7-12)9-5-3-4-6-11(9)13(8)2/h3-6H,7H2,1-2H3. The zero-order chi connectivity index (χ0) is 9.42. The second-order valence-electron chi connectivity index (χ2n) is 3.27. The van der Waals surface area contributed by atoms with Crippen LogP contribution in [-0.4, -0.2) is 4.57 Å². The van der Waals surface area contributed by atoms with Gasteiger partial charge in [0.2, 0.25) is 0 Å². The number of alkyl halides is 1. The third-order valence-electron chi connectivity index (χ3n) is 2.66. The Hall–Kier alpha value is -0.950. The fraction of sp³-hybridized carbons (Fsp3) is 0.273. The van der Waals surface area contributed by atoms with Crippen LogP contribution in [0.4, 0.5) is 0 Å². The largest absolute Gasteiger partial charge is 0.348 e. The Bertz CT molecular complexity index is 443. The van der Waals surface area contributed by atoms with Crippen molar-refractivity contribution >= 4 is 22.5 Å². The summed E-state index contributed by atoms with van der Waals surface area (Å²) >= 11 is 5.91. The van der Waals surface area contributed by atoms with Gasteiger partial charge in [-0.1, -0.05) is 18.2 Å². The number of fused-ring (bicyclic) bond motifs is 1. The van der Waals surface area contributed by atoms with Crippen molar-refractivity contribution in [2.75, 3.05) is 0 Å². The minimum Gasteiger partial charge on any atom is -0.348 e. The lowest BCUT2D eigenvalue weighted by Gasteiger charge is -1.97. The van der Waals surface area contributed by atoms with E-state index in [2.05, 4.69) is 42.8 Å². The number of aryl methyl sites for hydroxylation is 1. The molecule has 0 aliphatic rings. The zero-order valence-electron chi connectivity index (χ0n) is 7.84. The van der Waals surface area contributed by atoms with Crippen LogP contribution in [0.1, 0.15) is 11.3 Å². The Balaban J connectivity index is 2.90. The highest BCUT2D eigenvalue weighted by molar-refractivity contribution is 6.18. The van der Waals surface area contributed by atoms with Crippen LogP contribution in [0.25, 0.3) is 10.9 Å². The van der Waals surface area contributed by atoms with Crippen LogP contribution in [0, 0.1) is 6.92 Å². The maximum atomic E-state index is 5.91. The molecule has 0 spiro atoms.